The summed E-state index contributed by atoms with van der Waals surface area (Å²) in [6, 6.07) is 1.82. The Kier molecular flexibility index (Phi) is 3.89. The smallest absolute Gasteiger partial charge is 0.273 e. The van der Waals surface area contributed by atoms with E-state index in [1.807, 2.05) is 11.4 Å². The van der Waals surface area contributed by atoms with Gasteiger partial charge in [0.25, 0.3) is 11.5 Å². The third kappa shape index (κ3) is 2.62. The highest BCUT2D eigenvalue weighted by atomic mass is 32.1. The quantitative estimate of drug-likeness (QED) is 0.779. The molecule has 0 unspecified atom stereocenters. The van der Waals surface area contributed by atoms with Gasteiger partial charge in [-0.2, -0.15) is 0 Å². The van der Waals surface area contributed by atoms with Gasteiger partial charge >= 0.3 is 0 Å². The van der Waals surface area contributed by atoms with Gasteiger partial charge in [0.15, 0.2) is 5.69 Å². The Hall–Kier alpha value is -2.48. The minimum absolute atomic E-state index is 0.0805. The Balaban J connectivity index is 1.43. The molecule has 1 aliphatic rings. The molecule has 3 heterocycles. The summed E-state index contributed by atoms with van der Waals surface area (Å²) >= 11 is 1.38. The summed E-state index contributed by atoms with van der Waals surface area (Å²) in [4.78, 5) is 28.8. The fourth-order valence-corrected chi connectivity index (χ4v) is 3.77. The van der Waals surface area contributed by atoms with Crippen molar-refractivity contribution in [3.8, 4) is 0 Å². The van der Waals surface area contributed by atoms with Crippen molar-refractivity contribution in [2.24, 2.45) is 0 Å². The first kappa shape index (κ1) is 15.1. The molecule has 0 bridgehead atoms. The molecule has 3 aromatic heterocycles. The summed E-state index contributed by atoms with van der Waals surface area (Å²) < 4.78 is 7.40. The number of nitrogens with one attached hydrogen (secondary N) is 1. The average molecular weight is 344 g/mol. The molecular formula is C16H16N4O3S. The average Bonchev–Trinajstić information content (AvgIpc) is 3.23. The molecule has 0 saturated heterocycles. The first-order valence-electron chi connectivity index (χ1n) is 7.92. The number of rotatable bonds is 4. The first-order chi connectivity index (χ1) is 11.7. The van der Waals surface area contributed by atoms with Crippen LogP contribution in [0.3, 0.4) is 0 Å². The van der Waals surface area contributed by atoms with Crippen molar-refractivity contribution >= 4 is 27.5 Å². The van der Waals surface area contributed by atoms with E-state index < -0.39 is 0 Å². The molecular weight excluding hydrogens is 328 g/mol. The van der Waals surface area contributed by atoms with Gasteiger partial charge in [0.05, 0.1) is 11.8 Å². The van der Waals surface area contributed by atoms with Gasteiger partial charge in [-0.25, -0.2) is 4.98 Å². The van der Waals surface area contributed by atoms with Crippen LogP contribution in [0.15, 0.2) is 27.1 Å². The zero-order valence-corrected chi connectivity index (χ0v) is 13.8. The number of thiophene rings is 1. The number of hydrogen-bond acceptors (Lipinski definition) is 6. The van der Waals surface area contributed by atoms with Crippen LogP contribution in [-0.4, -0.2) is 27.2 Å². The van der Waals surface area contributed by atoms with Crippen molar-refractivity contribution < 1.29 is 9.32 Å². The Morgan fingerprint density at radius 3 is 3.17 bits per heavy atom. The van der Waals surface area contributed by atoms with Crippen molar-refractivity contribution in [2.75, 3.05) is 6.54 Å². The summed E-state index contributed by atoms with van der Waals surface area (Å²) in [5.41, 5.74) is 1.93. The summed E-state index contributed by atoms with van der Waals surface area (Å²) in [7, 11) is 0. The van der Waals surface area contributed by atoms with Gasteiger partial charge in [0, 0.05) is 25.1 Å². The van der Waals surface area contributed by atoms with Crippen LogP contribution in [0, 0.1) is 0 Å². The van der Waals surface area contributed by atoms with Crippen molar-refractivity contribution in [3.05, 3.63) is 45.1 Å². The number of aryl methyl sites for hydroxylation is 1. The third-order valence-electron chi connectivity index (χ3n) is 4.24. The van der Waals surface area contributed by atoms with Gasteiger partial charge < -0.3 is 9.84 Å². The van der Waals surface area contributed by atoms with Gasteiger partial charge in [0.1, 0.15) is 10.5 Å². The Labute approximate surface area is 141 Å². The lowest BCUT2D eigenvalue weighted by molar-refractivity contribution is 0.0942. The number of nitrogens with zero attached hydrogens (tertiary/aromatic N) is 3. The molecule has 0 atom stereocenters. The highest BCUT2D eigenvalue weighted by molar-refractivity contribution is 7.17. The highest BCUT2D eigenvalue weighted by Crippen LogP contribution is 2.24. The van der Waals surface area contributed by atoms with Crippen LogP contribution in [-0.2, 0) is 19.4 Å². The minimum Gasteiger partial charge on any atom is -0.360 e. The van der Waals surface area contributed by atoms with Crippen LogP contribution in [0.25, 0.3) is 10.2 Å². The maximum Gasteiger partial charge on any atom is 0.273 e. The predicted octanol–water partition coefficient (Wildman–Crippen LogP) is 1.75. The molecule has 7 nitrogen and oxygen atoms in total. The molecule has 24 heavy (non-hydrogen) atoms. The van der Waals surface area contributed by atoms with E-state index in [1.165, 1.54) is 22.2 Å². The molecule has 1 aliphatic carbocycles. The number of hydrogen-bond donors (Lipinski definition) is 1. The number of carbonyl (C=O) groups is 1. The topological polar surface area (TPSA) is 90.0 Å². The van der Waals surface area contributed by atoms with Gasteiger partial charge in [-0.1, -0.05) is 5.16 Å². The number of fused-ring (bicyclic) bond motifs is 2. The van der Waals surface area contributed by atoms with Crippen LogP contribution in [0.2, 0.25) is 0 Å². The summed E-state index contributed by atoms with van der Waals surface area (Å²) in [5, 5.41) is 8.56. The lowest BCUT2D eigenvalue weighted by atomic mass is 9.96. The van der Waals surface area contributed by atoms with E-state index in [2.05, 4.69) is 15.5 Å². The maximum absolute atomic E-state index is 12.3. The first-order valence-corrected chi connectivity index (χ1v) is 8.80. The highest BCUT2D eigenvalue weighted by Gasteiger charge is 2.23. The van der Waals surface area contributed by atoms with E-state index in [4.69, 9.17) is 4.52 Å². The second kappa shape index (κ2) is 6.20. The fraction of sp³-hybridized carbons (Fsp3) is 0.375. The zero-order valence-electron chi connectivity index (χ0n) is 12.9. The van der Waals surface area contributed by atoms with E-state index in [9.17, 15) is 9.59 Å². The number of aromatic nitrogens is 3. The molecule has 4 rings (SSSR count). The molecule has 0 radical (unpaired) electrons. The summed E-state index contributed by atoms with van der Waals surface area (Å²) in [5.74, 6) is 0.579. The zero-order chi connectivity index (χ0) is 16.5. The van der Waals surface area contributed by atoms with Gasteiger partial charge in [-0.05, 0) is 30.7 Å². The molecule has 3 aromatic rings. The van der Waals surface area contributed by atoms with Crippen LogP contribution in [0.1, 0.15) is 34.7 Å². The standard InChI is InChI=1S/C16H16N4O3S/c21-15(13-10-3-1-2-4-12(10)23-19-13)17-6-7-20-9-18-11-5-8-24-14(11)16(20)22/h5,8-9H,1-4,6-7H2,(H,17,21). The van der Waals surface area contributed by atoms with Gasteiger partial charge in [-0.15, -0.1) is 11.3 Å². The Bertz CT molecular complexity index is 956. The number of carbonyl (C=O) groups excluding carboxylic acids is 1. The summed E-state index contributed by atoms with van der Waals surface area (Å²) in [6.45, 7) is 0.699. The fourth-order valence-electron chi connectivity index (χ4n) is 2.98. The molecule has 0 aliphatic heterocycles. The van der Waals surface area contributed by atoms with Crippen LogP contribution in [0.5, 0.6) is 0 Å². The Morgan fingerprint density at radius 2 is 2.25 bits per heavy atom. The number of amides is 1. The molecule has 124 valence electrons. The van der Waals surface area contributed by atoms with E-state index in [0.717, 1.165) is 37.0 Å². The third-order valence-corrected chi connectivity index (χ3v) is 5.13. The van der Waals surface area contributed by atoms with E-state index in [0.29, 0.717) is 29.0 Å². The summed E-state index contributed by atoms with van der Waals surface area (Å²) in [6.07, 6.45) is 5.32. The normalized spacial score (nSPS) is 13.8. The lowest BCUT2D eigenvalue weighted by Gasteiger charge is -2.09. The predicted molar refractivity (Wildman–Crippen MR) is 89.4 cm³/mol. The molecule has 8 heteroatoms. The SMILES string of the molecule is O=C(NCCn1cnc2ccsc2c1=O)c1noc2c1CCCC2. The monoisotopic (exact) mass is 344 g/mol. The molecule has 1 N–H and O–H groups in total. The van der Waals surface area contributed by atoms with Gasteiger partial charge in [0.2, 0.25) is 0 Å². The second-order valence-corrected chi connectivity index (χ2v) is 6.69. The van der Waals surface area contributed by atoms with Gasteiger partial charge in [-0.3, -0.25) is 14.2 Å². The molecule has 0 saturated carbocycles. The van der Waals surface area contributed by atoms with Crippen LogP contribution < -0.4 is 10.9 Å². The minimum atomic E-state index is -0.250. The molecule has 1 amide bonds. The lowest BCUT2D eigenvalue weighted by Crippen LogP contribution is -2.31. The second-order valence-electron chi connectivity index (χ2n) is 5.77. The van der Waals surface area contributed by atoms with Crippen molar-refractivity contribution in [2.45, 2.75) is 32.2 Å². The molecule has 0 spiro atoms. The largest absolute Gasteiger partial charge is 0.360 e. The van der Waals surface area contributed by atoms with Crippen molar-refractivity contribution in [1.82, 2.24) is 20.0 Å². The van der Waals surface area contributed by atoms with Crippen molar-refractivity contribution in [1.29, 1.82) is 0 Å². The van der Waals surface area contributed by atoms with E-state index in [-0.39, 0.29) is 11.5 Å². The van der Waals surface area contributed by atoms with Crippen LogP contribution >= 0.6 is 11.3 Å². The Morgan fingerprint density at radius 1 is 1.38 bits per heavy atom. The molecule has 0 fully saturated rings. The molecule has 0 aromatic carbocycles. The van der Waals surface area contributed by atoms with Crippen LogP contribution in [0.4, 0.5) is 0 Å². The van der Waals surface area contributed by atoms with Crippen molar-refractivity contribution in [3.63, 3.8) is 0 Å². The van der Waals surface area contributed by atoms with E-state index >= 15 is 0 Å². The maximum atomic E-state index is 12.3. The van der Waals surface area contributed by atoms with E-state index in [1.54, 1.807) is 0 Å².